The van der Waals surface area contributed by atoms with Gasteiger partial charge in [-0.25, -0.2) is 13.6 Å². The number of rotatable bonds is 4. The van der Waals surface area contributed by atoms with Crippen LogP contribution < -0.4 is 5.14 Å². The van der Waals surface area contributed by atoms with Crippen LogP contribution in [0.3, 0.4) is 0 Å². The third-order valence-corrected chi connectivity index (χ3v) is 8.31. The molecule has 0 aliphatic rings. The summed E-state index contributed by atoms with van der Waals surface area (Å²) in [6, 6.07) is 0. The van der Waals surface area contributed by atoms with Crippen molar-refractivity contribution in [2.75, 3.05) is 5.75 Å². The zero-order valence-corrected chi connectivity index (χ0v) is 12.3. The number of sulfonamides is 1. The van der Waals surface area contributed by atoms with Crippen molar-refractivity contribution in [3.8, 4) is 0 Å². The van der Waals surface area contributed by atoms with Gasteiger partial charge in [-0.15, -0.1) is 0 Å². The smallest absolute Gasteiger partial charge is 0.211 e. The van der Waals surface area contributed by atoms with Gasteiger partial charge in [0, 0.05) is 0 Å². The highest BCUT2D eigenvalue weighted by molar-refractivity contribution is 7.89. The van der Waals surface area contributed by atoms with E-state index in [0.29, 0.717) is 0 Å². The number of hydrogen-bond donors (Lipinski definition) is 1. The summed E-state index contributed by atoms with van der Waals surface area (Å²) in [5.41, 5.74) is 0. The average molecular weight is 253 g/mol. The summed E-state index contributed by atoms with van der Waals surface area (Å²) in [5, 5.41) is 5.05. The lowest BCUT2D eigenvalue weighted by atomic mass is 10.2. The molecule has 0 aliphatic heterocycles. The van der Waals surface area contributed by atoms with E-state index in [1.165, 1.54) is 0 Å². The van der Waals surface area contributed by atoms with Gasteiger partial charge < -0.3 is 4.43 Å². The van der Waals surface area contributed by atoms with Crippen LogP contribution >= 0.6 is 0 Å². The van der Waals surface area contributed by atoms with E-state index in [1.54, 1.807) is 6.92 Å². The van der Waals surface area contributed by atoms with Gasteiger partial charge >= 0.3 is 0 Å². The van der Waals surface area contributed by atoms with Crippen molar-refractivity contribution in [1.29, 1.82) is 0 Å². The zero-order valence-electron chi connectivity index (χ0n) is 10.5. The molecule has 0 aromatic carbocycles. The monoisotopic (exact) mass is 253 g/mol. The predicted octanol–water partition coefficient (Wildman–Crippen LogP) is 1.69. The van der Waals surface area contributed by atoms with Crippen LogP contribution in [0.15, 0.2) is 0 Å². The molecule has 2 N–H and O–H groups in total. The third kappa shape index (κ3) is 5.65. The fraction of sp³-hybridized carbons (Fsp3) is 1.00. The average Bonchev–Trinajstić information content (AvgIpc) is 1.75. The standard InChI is InChI=1S/C9H23NO3SSi/c1-8(7-14(10,11)12)13-15(5,6)9(2,3)4/h8H,7H2,1-6H3,(H2,10,11,12). The van der Waals surface area contributed by atoms with Crippen LogP contribution in [-0.2, 0) is 14.4 Å². The van der Waals surface area contributed by atoms with E-state index in [0.717, 1.165) is 0 Å². The van der Waals surface area contributed by atoms with E-state index >= 15 is 0 Å². The Morgan fingerprint density at radius 2 is 1.73 bits per heavy atom. The first-order valence-corrected chi connectivity index (χ1v) is 9.66. The lowest BCUT2D eigenvalue weighted by molar-refractivity contribution is 0.220. The predicted molar refractivity (Wildman–Crippen MR) is 65.7 cm³/mol. The highest BCUT2D eigenvalue weighted by Gasteiger charge is 2.38. The second kappa shape index (κ2) is 4.53. The molecule has 0 bridgehead atoms. The highest BCUT2D eigenvalue weighted by atomic mass is 32.2. The maximum absolute atomic E-state index is 10.9. The number of nitrogens with two attached hydrogens (primary N) is 1. The minimum Gasteiger partial charge on any atom is -0.413 e. The van der Waals surface area contributed by atoms with Crippen molar-refractivity contribution in [2.24, 2.45) is 5.14 Å². The van der Waals surface area contributed by atoms with E-state index in [2.05, 4.69) is 33.9 Å². The molecule has 0 radical (unpaired) electrons. The van der Waals surface area contributed by atoms with Gasteiger partial charge in [-0.05, 0) is 25.1 Å². The Morgan fingerprint density at radius 3 is 2.00 bits per heavy atom. The molecule has 92 valence electrons. The summed E-state index contributed by atoms with van der Waals surface area (Å²) in [7, 11) is -5.33. The minimum atomic E-state index is -3.44. The molecule has 0 aliphatic carbocycles. The Morgan fingerprint density at radius 1 is 1.33 bits per heavy atom. The quantitative estimate of drug-likeness (QED) is 0.775. The van der Waals surface area contributed by atoms with Gasteiger partial charge in [0.15, 0.2) is 8.32 Å². The van der Waals surface area contributed by atoms with Gasteiger partial charge in [-0.3, -0.25) is 0 Å². The summed E-state index contributed by atoms with van der Waals surface area (Å²) in [6.45, 7) is 12.3. The molecule has 6 heteroatoms. The Labute approximate surface area is 94.4 Å². The molecule has 4 nitrogen and oxygen atoms in total. The van der Waals surface area contributed by atoms with Gasteiger partial charge in [0.25, 0.3) is 0 Å². The third-order valence-electron chi connectivity index (χ3n) is 2.77. The van der Waals surface area contributed by atoms with Gasteiger partial charge in [0.05, 0.1) is 11.9 Å². The lowest BCUT2D eigenvalue weighted by Gasteiger charge is -2.38. The molecular weight excluding hydrogens is 230 g/mol. The largest absolute Gasteiger partial charge is 0.413 e. The van der Waals surface area contributed by atoms with E-state index in [-0.39, 0.29) is 16.9 Å². The SMILES string of the molecule is CC(CS(N)(=O)=O)O[Si](C)(C)C(C)(C)C. The summed E-state index contributed by atoms with van der Waals surface area (Å²) in [6.07, 6.45) is -0.333. The molecule has 0 aromatic heterocycles. The normalized spacial score (nSPS) is 16.5. The van der Waals surface area contributed by atoms with Crippen LogP contribution in [0.5, 0.6) is 0 Å². The number of hydrogen-bond acceptors (Lipinski definition) is 3. The van der Waals surface area contributed by atoms with E-state index < -0.39 is 18.3 Å². The van der Waals surface area contributed by atoms with E-state index in [4.69, 9.17) is 9.56 Å². The van der Waals surface area contributed by atoms with Crippen LogP contribution in [0, 0.1) is 0 Å². The summed E-state index contributed by atoms with van der Waals surface area (Å²) >= 11 is 0. The Bertz CT molecular complexity index is 306. The summed E-state index contributed by atoms with van der Waals surface area (Å²) < 4.78 is 27.6. The van der Waals surface area contributed by atoms with E-state index in [1.807, 2.05) is 0 Å². The van der Waals surface area contributed by atoms with Gasteiger partial charge in [0.2, 0.25) is 10.0 Å². The molecule has 0 rings (SSSR count). The molecule has 0 fully saturated rings. The number of primary sulfonamides is 1. The molecule has 0 saturated carbocycles. The van der Waals surface area contributed by atoms with Crippen molar-refractivity contribution in [3.63, 3.8) is 0 Å². The van der Waals surface area contributed by atoms with Crippen LogP contribution in [0.2, 0.25) is 18.1 Å². The zero-order chi connectivity index (χ0) is 12.5. The molecule has 0 aromatic rings. The summed E-state index contributed by atoms with van der Waals surface area (Å²) in [5.74, 6) is -0.112. The fourth-order valence-corrected chi connectivity index (χ4v) is 3.33. The van der Waals surface area contributed by atoms with Crippen molar-refractivity contribution in [2.45, 2.75) is 51.9 Å². The maximum atomic E-state index is 10.9. The Kier molecular flexibility index (Phi) is 4.55. The topological polar surface area (TPSA) is 69.4 Å². The molecule has 0 saturated heterocycles. The van der Waals surface area contributed by atoms with Crippen LogP contribution in [0.25, 0.3) is 0 Å². The molecular formula is C9H23NO3SSi. The van der Waals surface area contributed by atoms with Crippen molar-refractivity contribution < 1.29 is 12.8 Å². The van der Waals surface area contributed by atoms with Gasteiger partial charge in [-0.1, -0.05) is 20.8 Å². The molecule has 0 amide bonds. The molecule has 0 heterocycles. The van der Waals surface area contributed by atoms with Gasteiger partial charge in [0.1, 0.15) is 0 Å². The Hall–Kier alpha value is 0.0869. The molecule has 0 spiro atoms. The maximum Gasteiger partial charge on any atom is 0.211 e. The molecule has 1 atom stereocenters. The first-order valence-electron chi connectivity index (χ1n) is 5.03. The second-order valence-corrected chi connectivity index (χ2v) is 11.9. The Balaban J connectivity index is 4.49. The highest BCUT2D eigenvalue weighted by Crippen LogP contribution is 2.37. The molecule has 15 heavy (non-hydrogen) atoms. The van der Waals surface area contributed by atoms with Crippen molar-refractivity contribution in [1.82, 2.24) is 0 Å². The van der Waals surface area contributed by atoms with Crippen LogP contribution in [-0.4, -0.2) is 28.6 Å². The first kappa shape index (κ1) is 15.1. The van der Waals surface area contributed by atoms with Crippen LogP contribution in [0.1, 0.15) is 27.7 Å². The fourth-order valence-electron chi connectivity index (χ4n) is 1.04. The van der Waals surface area contributed by atoms with Crippen molar-refractivity contribution >= 4 is 18.3 Å². The van der Waals surface area contributed by atoms with Crippen molar-refractivity contribution in [3.05, 3.63) is 0 Å². The lowest BCUT2D eigenvalue weighted by Crippen LogP contribution is -2.45. The second-order valence-electron chi connectivity index (χ2n) is 5.52. The first-order chi connectivity index (χ1) is 6.35. The van der Waals surface area contributed by atoms with Gasteiger partial charge in [-0.2, -0.15) is 0 Å². The molecule has 1 unspecified atom stereocenters. The summed E-state index contributed by atoms with van der Waals surface area (Å²) in [4.78, 5) is 0. The minimum absolute atomic E-state index is 0.0830. The van der Waals surface area contributed by atoms with Crippen LogP contribution in [0.4, 0.5) is 0 Å². The van der Waals surface area contributed by atoms with E-state index in [9.17, 15) is 8.42 Å².